The third-order valence-corrected chi connectivity index (χ3v) is 5.42. The summed E-state index contributed by atoms with van der Waals surface area (Å²) in [7, 11) is 2.71. The van der Waals surface area contributed by atoms with E-state index in [1.54, 1.807) is 6.92 Å². The van der Waals surface area contributed by atoms with Crippen LogP contribution in [-0.2, 0) is 14.3 Å². The van der Waals surface area contributed by atoms with E-state index in [4.69, 9.17) is 51.1 Å². The lowest BCUT2D eigenvalue weighted by atomic mass is 10.0. The minimum absolute atomic E-state index is 0.00426. The van der Waals surface area contributed by atoms with Gasteiger partial charge in [-0.15, -0.1) is 0 Å². The van der Waals surface area contributed by atoms with Crippen LogP contribution < -0.4 is 0 Å². The first-order chi connectivity index (χ1) is 14.0. The van der Waals surface area contributed by atoms with E-state index in [2.05, 4.69) is 0 Å². The Morgan fingerprint density at radius 1 is 0.933 bits per heavy atom. The molecule has 0 aliphatic carbocycles. The van der Waals surface area contributed by atoms with Gasteiger partial charge in [-0.3, -0.25) is 4.79 Å². The molecule has 0 unspecified atom stereocenters. The van der Waals surface area contributed by atoms with Crippen LogP contribution in [0.3, 0.4) is 0 Å². The van der Waals surface area contributed by atoms with Gasteiger partial charge in [0.05, 0.1) is 15.6 Å². The Balaban J connectivity index is 2.75. The van der Waals surface area contributed by atoms with Crippen LogP contribution >= 0.6 is 46.4 Å². The number of carboxylic acids is 1. The Morgan fingerprint density at radius 2 is 1.53 bits per heavy atom. The second-order valence-corrected chi connectivity index (χ2v) is 7.89. The maximum atomic E-state index is 12.8. The third-order valence-electron chi connectivity index (χ3n) is 3.97. The van der Waals surface area contributed by atoms with E-state index in [0.29, 0.717) is 10.6 Å². The molecule has 2 aromatic carbocycles. The van der Waals surface area contributed by atoms with E-state index in [0.717, 1.165) is 4.90 Å². The summed E-state index contributed by atoms with van der Waals surface area (Å²) in [6.07, 6.45) is 0. The molecule has 158 valence electrons. The molecule has 0 atom stereocenters. The summed E-state index contributed by atoms with van der Waals surface area (Å²) >= 11 is 24.3. The van der Waals surface area contributed by atoms with Gasteiger partial charge in [-0.25, -0.2) is 9.59 Å². The molecule has 30 heavy (non-hydrogen) atoms. The average molecular weight is 491 g/mol. The van der Waals surface area contributed by atoms with Gasteiger partial charge in [0.1, 0.15) is 0 Å². The molecule has 2 aromatic rings. The van der Waals surface area contributed by atoms with Gasteiger partial charge in [-0.1, -0.05) is 46.4 Å². The van der Waals surface area contributed by atoms with Crippen molar-refractivity contribution in [3.63, 3.8) is 0 Å². The molecule has 0 aromatic heterocycles. The molecule has 1 N–H and O–H groups in total. The number of likely N-dealkylation sites (N-methyl/N-ethyl adjacent to an activating group) is 1. The number of hydrogen-bond donors (Lipinski definition) is 1. The van der Waals surface area contributed by atoms with Crippen LogP contribution in [0.4, 0.5) is 0 Å². The highest BCUT2D eigenvalue weighted by atomic mass is 35.5. The number of nitrogens with zero attached hydrogens (tertiary/aromatic N) is 1. The topological polar surface area (TPSA) is 83.9 Å². The van der Waals surface area contributed by atoms with E-state index in [9.17, 15) is 19.5 Å². The number of carboxylic acid groups (broad SMARTS) is 1. The molecule has 0 radical (unpaired) electrons. The zero-order valence-corrected chi connectivity index (χ0v) is 18.9. The summed E-state index contributed by atoms with van der Waals surface area (Å²) in [5, 5.41) is 10.3. The van der Waals surface area contributed by atoms with Crippen molar-refractivity contribution in [2.45, 2.75) is 6.92 Å². The predicted molar refractivity (Wildman–Crippen MR) is 116 cm³/mol. The second-order valence-electron chi connectivity index (χ2n) is 6.26. The van der Waals surface area contributed by atoms with E-state index in [1.807, 2.05) is 0 Å². The Morgan fingerprint density at radius 3 is 2.07 bits per heavy atom. The van der Waals surface area contributed by atoms with Crippen molar-refractivity contribution in [1.29, 1.82) is 0 Å². The molecule has 1 amide bonds. The summed E-state index contributed by atoms with van der Waals surface area (Å²) in [5.74, 6) is -4.05. The fourth-order valence-electron chi connectivity index (χ4n) is 2.39. The minimum Gasteiger partial charge on any atom is -0.477 e. The van der Waals surface area contributed by atoms with Crippen molar-refractivity contribution in [2.24, 2.45) is 0 Å². The summed E-state index contributed by atoms with van der Waals surface area (Å²) in [4.78, 5) is 38.3. The number of carbonyl (C=O) groups is 3. The van der Waals surface area contributed by atoms with E-state index >= 15 is 0 Å². The number of rotatable bonds is 5. The zero-order chi connectivity index (χ0) is 22.7. The van der Waals surface area contributed by atoms with Crippen molar-refractivity contribution >= 4 is 70.0 Å². The lowest BCUT2D eigenvalue weighted by Gasteiger charge is -2.18. The van der Waals surface area contributed by atoms with Crippen molar-refractivity contribution in [2.75, 3.05) is 14.1 Å². The van der Waals surface area contributed by atoms with Gasteiger partial charge in [-0.2, -0.15) is 0 Å². The third kappa shape index (κ3) is 5.08. The molecule has 0 saturated carbocycles. The first kappa shape index (κ1) is 24.0. The molecule has 0 saturated heterocycles. The van der Waals surface area contributed by atoms with Gasteiger partial charge in [-0.05, 0) is 42.8 Å². The molecule has 0 heterocycles. The highest BCUT2D eigenvalue weighted by Gasteiger charge is 2.30. The van der Waals surface area contributed by atoms with Crippen LogP contribution in [0.15, 0.2) is 35.9 Å². The smallest absolute Gasteiger partial charge is 0.345 e. The van der Waals surface area contributed by atoms with Crippen LogP contribution in [0, 0.1) is 6.92 Å². The summed E-state index contributed by atoms with van der Waals surface area (Å²) in [5.41, 5.74) is -0.454. The van der Waals surface area contributed by atoms with Gasteiger partial charge in [0, 0.05) is 29.7 Å². The number of benzene rings is 2. The number of carbonyl (C=O) groups excluding carboxylic acids is 2. The summed E-state index contributed by atoms with van der Waals surface area (Å²) < 4.78 is 5.37. The van der Waals surface area contributed by atoms with Crippen molar-refractivity contribution in [3.05, 3.63) is 72.7 Å². The van der Waals surface area contributed by atoms with Crippen molar-refractivity contribution < 1.29 is 24.2 Å². The first-order valence-electron chi connectivity index (χ1n) is 8.27. The molecule has 6 nitrogen and oxygen atoms in total. The number of aliphatic carboxylic acids is 1. The SMILES string of the molecule is Cc1c(Cl)ccc(C(OC(=O)c2ccc(Cl)cc2Cl)=C(C(=O)O)C(=O)N(C)C)c1Cl. The fourth-order valence-corrected chi connectivity index (χ4v) is 3.33. The Bertz CT molecular complexity index is 1080. The lowest BCUT2D eigenvalue weighted by Crippen LogP contribution is -2.29. The largest absolute Gasteiger partial charge is 0.477 e. The highest BCUT2D eigenvalue weighted by Crippen LogP contribution is 2.35. The van der Waals surface area contributed by atoms with Crippen LogP contribution in [0.5, 0.6) is 0 Å². The molecule has 2 rings (SSSR count). The quantitative estimate of drug-likeness (QED) is 0.201. The van der Waals surface area contributed by atoms with Gasteiger partial charge < -0.3 is 14.7 Å². The number of halogens is 4. The van der Waals surface area contributed by atoms with Crippen LogP contribution in [-0.4, -0.2) is 41.9 Å². The maximum absolute atomic E-state index is 12.8. The number of hydrogen-bond acceptors (Lipinski definition) is 4. The number of esters is 1. The molecule has 0 spiro atoms. The van der Waals surface area contributed by atoms with Crippen molar-refractivity contribution in [1.82, 2.24) is 4.90 Å². The highest BCUT2D eigenvalue weighted by molar-refractivity contribution is 6.38. The maximum Gasteiger partial charge on any atom is 0.345 e. The van der Waals surface area contributed by atoms with Crippen LogP contribution in [0.2, 0.25) is 20.1 Å². The normalized spacial score (nSPS) is 11.6. The zero-order valence-electron chi connectivity index (χ0n) is 15.9. The predicted octanol–water partition coefficient (Wildman–Crippen LogP) is 5.35. The molecule has 10 heteroatoms. The molecule has 0 aliphatic heterocycles. The lowest BCUT2D eigenvalue weighted by molar-refractivity contribution is -0.136. The monoisotopic (exact) mass is 489 g/mol. The molecular formula is C20H15Cl4NO5. The van der Waals surface area contributed by atoms with Crippen LogP contribution in [0.1, 0.15) is 21.5 Å². The Hall–Kier alpha value is -2.25. The Labute approximate surface area is 192 Å². The average Bonchev–Trinajstić information content (AvgIpc) is 2.65. The minimum atomic E-state index is -1.61. The molecular weight excluding hydrogens is 476 g/mol. The Kier molecular flexibility index (Phi) is 7.77. The number of amides is 1. The fraction of sp³-hybridized carbons (Fsp3) is 0.150. The summed E-state index contributed by atoms with van der Waals surface area (Å²) in [6, 6.07) is 6.85. The second kappa shape index (κ2) is 9.71. The first-order valence-corrected chi connectivity index (χ1v) is 9.78. The standard InChI is InChI=1S/C20H15Cl4NO5/c1-9-13(22)7-6-12(16(9)24)17(15(19(27)28)18(26)25(2)3)30-20(29)11-5-4-10(21)8-14(11)23/h4-8H,1-3H3,(H,27,28). The number of ether oxygens (including phenoxy) is 1. The summed E-state index contributed by atoms with van der Waals surface area (Å²) in [6.45, 7) is 1.60. The van der Waals surface area contributed by atoms with Crippen molar-refractivity contribution in [3.8, 4) is 0 Å². The van der Waals surface area contributed by atoms with Gasteiger partial charge >= 0.3 is 11.9 Å². The van der Waals surface area contributed by atoms with Crippen LogP contribution in [0.25, 0.3) is 5.76 Å². The van der Waals surface area contributed by atoms with E-state index in [-0.39, 0.29) is 26.2 Å². The molecule has 0 fully saturated rings. The molecule has 0 aliphatic rings. The van der Waals surface area contributed by atoms with Gasteiger partial charge in [0.25, 0.3) is 5.91 Å². The van der Waals surface area contributed by atoms with Gasteiger partial charge in [0.15, 0.2) is 11.3 Å². The van der Waals surface area contributed by atoms with E-state index < -0.39 is 29.2 Å². The molecule has 0 bridgehead atoms. The van der Waals surface area contributed by atoms with Gasteiger partial charge in [0.2, 0.25) is 0 Å². The van der Waals surface area contributed by atoms with E-state index in [1.165, 1.54) is 44.4 Å².